The lowest BCUT2D eigenvalue weighted by Gasteiger charge is -2.22. The van der Waals surface area contributed by atoms with Crippen LogP contribution in [0.2, 0.25) is 0 Å². The van der Waals surface area contributed by atoms with Crippen LogP contribution in [0.25, 0.3) is 0 Å². The molecule has 6 heteroatoms. The first-order valence-electron chi connectivity index (χ1n) is 6.17. The number of hydrogen-bond acceptors (Lipinski definition) is 6. The highest BCUT2D eigenvalue weighted by Gasteiger charge is 2.14. The summed E-state index contributed by atoms with van der Waals surface area (Å²) >= 11 is 1.51. The summed E-state index contributed by atoms with van der Waals surface area (Å²) in [6.45, 7) is 10.3. The van der Waals surface area contributed by atoms with E-state index < -0.39 is 0 Å². The molecule has 0 unspecified atom stereocenters. The summed E-state index contributed by atoms with van der Waals surface area (Å²) in [4.78, 5) is 15.2. The van der Waals surface area contributed by atoms with Crippen LogP contribution in [-0.4, -0.2) is 33.8 Å². The van der Waals surface area contributed by atoms with E-state index in [9.17, 15) is 0 Å². The molecule has 19 heavy (non-hydrogen) atoms. The molecule has 0 radical (unpaired) electrons. The van der Waals surface area contributed by atoms with E-state index in [1.54, 1.807) is 0 Å². The first kappa shape index (κ1) is 15.8. The second kappa shape index (κ2) is 6.23. The van der Waals surface area contributed by atoms with Gasteiger partial charge in [0.1, 0.15) is 0 Å². The first-order chi connectivity index (χ1) is 8.71. The van der Waals surface area contributed by atoms with E-state index in [4.69, 9.17) is 0 Å². The Morgan fingerprint density at radius 3 is 2.32 bits per heavy atom. The zero-order valence-electron chi connectivity index (χ0n) is 12.8. The van der Waals surface area contributed by atoms with Crippen molar-refractivity contribution in [2.45, 2.75) is 45.3 Å². The summed E-state index contributed by atoms with van der Waals surface area (Å²) in [5.74, 6) is 1.25. The van der Waals surface area contributed by atoms with Gasteiger partial charge in [-0.25, -0.2) is 0 Å². The Bertz CT molecular complexity index is 461. The van der Waals surface area contributed by atoms with Gasteiger partial charge >= 0.3 is 0 Å². The molecule has 0 aromatic carbocycles. The van der Waals surface area contributed by atoms with Crippen LogP contribution in [0.1, 0.15) is 34.6 Å². The minimum Gasteiger partial charge on any atom is -0.349 e. The van der Waals surface area contributed by atoms with Gasteiger partial charge in [0.2, 0.25) is 11.9 Å². The van der Waals surface area contributed by atoms with Gasteiger partial charge in [0.15, 0.2) is 5.16 Å². The van der Waals surface area contributed by atoms with Crippen molar-refractivity contribution in [3.8, 4) is 0 Å². The molecule has 1 rings (SSSR count). The van der Waals surface area contributed by atoms with Crippen molar-refractivity contribution in [1.82, 2.24) is 15.0 Å². The number of thioether (sulfide) groups is 1. The Balaban J connectivity index is 3.12. The molecule has 0 atom stereocenters. The molecule has 0 spiro atoms. The normalized spacial score (nSPS) is 11.1. The standard InChI is InChI=1S/C13H23N5S/c1-9(2)8-18(6)11-14-10(17-13(3,4)5)15-12(16-11)19-7/h8H,1-7H3,(H,14,15,16,17). The summed E-state index contributed by atoms with van der Waals surface area (Å²) in [6, 6.07) is 0. The maximum Gasteiger partial charge on any atom is 0.234 e. The molecule has 1 N–H and O–H groups in total. The van der Waals surface area contributed by atoms with Gasteiger partial charge in [-0.3, -0.25) is 0 Å². The largest absolute Gasteiger partial charge is 0.349 e. The molecule has 0 saturated heterocycles. The number of allylic oxidation sites excluding steroid dienone is 1. The number of hydrogen-bond donors (Lipinski definition) is 1. The van der Waals surface area contributed by atoms with E-state index in [0.717, 1.165) is 0 Å². The highest BCUT2D eigenvalue weighted by atomic mass is 32.2. The van der Waals surface area contributed by atoms with E-state index in [0.29, 0.717) is 17.1 Å². The fourth-order valence-corrected chi connectivity index (χ4v) is 1.78. The molecule has 5 nitrogen and oxygen atoms in total. The Hall–Kier alpha value is -1.30. The second-order valence-electron chi connectivity index (χ2n) is 5.64. The molecular formula is C13H23N5S. The third kappa shape index (κ3) is 5.46. The third-order valence-electron chi connectivity index (χ3n) is 2.04. The quantitative estimate of drug-likeness (QED) is 0.856. The number of aromatic nitrogens is 3. The average molecular weight is 281 g/mol. The van der Waals surface area contributed by atoms with E-state index in [-0.39, 0.29) is 5.54 Å². The van der Waals surface area contributed by atoms with Crippen LogP contribution in [0, 0.1) is 0 Å². The van der Waals surface area contributed by atoms with Gasteiger partial charge < -0.3 is 10.2 Å². The maximum absolute atomic E-state index is 4.45. The first-order valence-corrected chi connectivity index (χ1v) is 7.40. The van der Waals surface area contributed by atoms with Crippen molar-refractivity contribution in [2.75, 3.05) is 23.5 Å². The van der Waals surface area contributed by atoms with Gasteiger partial charge in [-0.1, -0.05) is 17.3 Å². The minimum absolute atomic E-state index is 0.0800. The third-order valence-corrected chi connectivity index (χ3v) is 2.59. The minimum atomic E-state index is -0.0800. The smallest absolute Gasteiger partial charge is 0.234 e. The van der Waals surface area contributed by atoms with Crippen molar-refractivity contribution in [3.63, 3.8) is 0 Å². The Morgan fingerprint density at radius 2 is 1.84 bits per heavy atom. The number of anilines is 2. The monoisotopic (exact) mass is 281 g/mol. The van der Waals surface area contributed by atoms with Gasteiger partial charge in [0, 0.05) is 18.8 Å². The van der Waals surface area contributed by atoms with Crippen LogP contribution in [-0.2, 0) is 0 Å². The molecule has 0 aliphatic heterocycles. The molecule has 1 heterocycles. The molecule has 0 saturated carbocycles. The van der Waals surface area contributed by atoms with Crippen LogP contribution in [0.3, 0.4) is 0 Å². The molecule has 0 aliphatic carbocycles. The van der Waals surface area contributed by atoms with Crippen LogP contribution >= 0.6 is 11.8 Å². The lowest BCUT2D eigenvalue weighted by atomic mass is 10.1. The molecule has 0 fully saturated rings. The molecule has 1 aromatic rings. The van der Waals surface area contributed by atoms with Gasteiger partial charge in [-0.15, -0.1) is 0 Å². The average Bonchev–Trinajstić information content (AvgIpc) is 2.25. The lowest BCUT2D eigenvalue weighted by Crippen LogP contribution is -2.28. The Morgan fingerprint density at radius 1 is 1.21 bits per heavy atom. The number of nitrogens with one attached hydrogen (secondary N) is 1. The molecule has 0 aliphatic rings. The maximum atomic E-state index is 4.45. The van der Waals surface area contributed by atoms with Crippen LogP contribution < -0.4 is 10.2 Å². The van der Waals surface area contributed by atoms with E-state index >= 15 is 0 Å². The van der Waals surface area contributed by atoms with Crippen molar-refractivity contribution >= 4 is 23.7 Å². The lowest BCUT2D eigenvalue weighted by molar-refractivity contribution is 0.622. The van der Waals surface area contributed by atoms with E-state index in [1.165, 1.54) is 17.3 Å². The molecule has 0 amide bonds. The second-order valence-corrected chi connectivity index (χ2v) is 6.41. The van der Waals surface area contributed by atoms with Crippen LogP contribution in [0.15, 0.2) is 16.9 Å². The zero-order valence-corrected chi connectivity index (χ0v) is 13.6. The highest BCUT2D eigenvalue weighted by molar-refractivity contribution is 7.98. The molecule has 106 valence electrons. The van der Waals surface area contributed by atoms with E-state index in [1.807, 2.05) is 38.3 Å². The van der Waals surface area contributed by atoms with Crippen LogP contribution in [0.4, 0.5) is 11.9 Å². The molecule has 1 aromatic heterocycles. The zero-order chi connectivity index (χ0) is 14.6. The van der Waals surface area contributed by atoms with Crippen molar-refractivity contribution < 1.29 is 0 Å². The van der Waals surface area contributed by atoms with Gasteiger partial charge in [0.05, 0.1) is 0 Å². The summed E-state index contributed by atoms with van der Waals surface area (Å²) < 4.78 is 0. The van der Waals surface area contributed by atoms with Crippen molar-refractivity contribution in [1.29, 1.82) is 0 Å². The summed E-state index contributed by atoms with van der Waals surface area (Å²) in [5, 5.41) is 4.00. The van der Waals surface area contributed by atoms with Crippen molar-refractivity contribution in [3.05, 3.63) is 11.8 Å². The summed E-state index contributed by atoms with van der Waals surface area (Å²) in [7, 11) is 1.94. The number of rotatable bonds is 4. The summed E-state index contributed by atoms with van der Waals surface area (Å²) in [6.07, 6.45) is 3.96. The molecule has 0 bridgehead atoms. The van der Waals surface area contributed by atoms with E-state index in [2.05, 4.69) is 41.0 Å². The van der Waals surface area contributed by atoms with Gasteiger partial charge in [0.25, 0.3) is 0 Å². The predicted molar refractivity (Wildman–Crippen MR) is 82.8 cm³/mol. The van der Waals surface area contributed by atoms with Gasteiger partial charge in [-0.2, -0.15) is 15.0 Å². The Kier molecular flexibility index (Phi) is 5.17. The van der Waals surface area contributed by atoms with Crippen molar-refractivity contribution in [2.24, 2.45) is 0 Å². The van der Waals surface area contributed by atoms with Gasteiger partial charge in [-0.05, 0) is 40.9 Å². The Labute approximate surface area is 119 Å². The number of nitrogens with zero attached hydrogens (tertiary/aromatic N) is 4. The topological polar surface area (TPSA) is 53.9 Å². The highest BCUT2D eigenvalue weighted by Crippen LogP contribution is 2.18. The molecular weight excluding hydrogens is 258 g/mol. The fraction of sp³-hybridized carbons (Fsp3) is 0.615. The predicted octanol–water partition coefficient (Wildman–Crippen LogP) is 3.16. The SMILES string of the molecule is CSc1nc(NC(C)(C)C)nc(N(C)C=C(C)C)n1. The summed E-state index contributed by atoms with van der Waals surface area (Å²) in [5.41, 5.74) is 1.11. The van der Waals surface area contributed by atoms with Crippen LogP contribution in [0.5, 0.6) is 0 Å². The fourth-order valence-electron chi connectivity index (χ4n) is 1.43.